The largest absolute Gasteiger partial charge is 0.416 e. The van der Waals surface area contributed by atoms with Gasteiger partial charge in [0.05, 0.1) is 17.6 Å². The lowest BCUT2D eigenvalue weighted by molar-refractivity contribution is -0.137. The number of amides is 1. The fourth-order valence-electron chi connectivity index (χ4n) is 4.78. The summed E-state index contributed by atoms with van der Waals surface area (Å²) >= 11 is 0. The van der Waals surface area contributed by atoms with Gasteiger partial charge in [-0.05, 0) is 70.6 Å². The number of fused-ring (bicyclic) bond motifs is 1. The zero-order chi connectivity index (χ0) is 24.9. The number of hydrogen-bond donors (Lipinski definition) is 3. The van der Waals surface area contributed by atoms with E-state index in [-0.39, 0.29) is 35.2 Å². The highest BCUT2D eigenvalue weighted by atomic mass is 19.4. The average molecular weight is 480 g/mol. The molecular weight excluding hydrogens is 443 g/mol. The van der Waals surface area contributed by atoms with E-state index in [0.717, 1.165) is 50.7 Å². The van der Waals surface area contributed by atoms with Crippen LogP contribution in [0.3, 0.4) is 0 Å². The number of anilines is 1. The molecule has 1 saturated carbocycles. The first kappa shape index (κ1) is 26.2. The van der Waals surface area contributed by atoms with Gasteiger partial charge in [-0.15, -0.1) is 0 Å². The maximum atomic E-state index is 13.1. The van der Waals surface area contributed by atoms with Gasteiger partial charge < -0.3 is 16.0 Å². The topological polar surface area (TPSA) is 78.9 Å². The third kappa shape index (κ3) is 7.29. The maximum absolute atomic E-state index is 13.1. The van der Waals surface area contributed by atoms with Crippen LogP contribution in [0.25, 0.3) is 10.9 Å². The molecule has 34 heavy (non-hydrogen) atoms. The molecule has 0 spiro atoms. The molecule has 0 unspecified atom stereocenters. The van der Waals surface area contributed by atoms with Crippen LogP contribution in [0, 0.1) is 5.92 Å². The van der Waals surface area contributed by atoms with Crippen molar-refractivity contribution in [3.63, 3.8) is 0 Å². The van der Waals surface area contributed by atoms with Gasteiger partial charge in [0.1, 0.15) is 12.1 Å². The highest BCUT2D eigenvalue weighted by Crippen LogP contribution is 2.33. The van der Waals surface area contributed by atoms with Crippen LogP contribution < -0.4 is 16.0 Å². The summed E-state index contributed by atoms with van der Waals surface area (Å²) in [6.07, 6.45) is 3.02. The molecule has 1 heterocycles. The van der Waals surface area contributed by atoms with Gasteiger partial charge in [-0.1, -0.05) is 19.8 Å². The molecule has 1 aromatic carbocycles. The lowest BCUT2D eigenvalue weighted by Gasteiger charge is -2.40. The summed E-state index contributed by atoms with van der Waals surface area (Å²) in [5, 5.41) is 10.0. The van der Waals surface area contributed by atoms with Crippen molar-refractivity contribution in [2.24, 2.45) is 5.92 Å². The predicted octanol–water partition coefficient (Wildman–Crippen LogP) is 5.29. The van der Waals surface area contributed by atoms with Crippen molar-refractivity contribution in [2.45, 2.75) is 90.0 Å². The van der Waals surface area contributed by atoms with Gasteiger partial charge in [0, 0.05) is 23.0 Å². The minimum Gasteiger partial charge on any atom is -0.360 e. The van der Waals surface area contributed by atoms with E-state index in [9.17, 15) is 18.0 Å². The van der Waals surface area contributed by atoms with Gasteiger partial charge in [-0.2, -0.15) is 13.2 Å². The van der Waals surface area contributed by atoms with Gasteiger partial charge in [-0.3, -0.25) is 4.79 Å². The molecule has 9 heteroatoms. The van der Waals surface area contributed by atoms with Gasteiger partial charge in [0.15, 0.2) is 0 Å². The number of nitrogens with one attached hydrogen (secondary N) is 3. The number of nitrogens with zero attached hydrogens (tertiary/aromatic N) is 2. The maximum Gasteiger partial charge on any atom is 0.416 e. The summed E-state index contributed by atoms with van der Waals surface area (Å²) in [5.74, 6) is 0.422. The fraction of sp³-hybridized carbons (Fsp3) is 0.640. The Hall–Kier alpha value is -2.42. The quantitative estimate of drug-likeness (QED) is 0.479. The van der Waals surface area contributed by atoms with Crippen molar-refractivity contribution in [1.82, 2.24) is 20.6 Å². The van der Waals surface area contributed by atoms with E-state index in [2.05, 4.69) is 53.6 Å². The van der Waals surface area contributed by atoms with Gasteiger partial charge >= 0.3 is 6.18 Å². The molecule has 3 rings (SSSR count). The second kappa shape index (κ2) is 10.9. The third-order valence-corrected chi connectivity index (χ3v) is 6.27. The number of carbonyl (C=O) groups is 1. The number of carbonyl (C=O) groups excluding carboxylic acids is 1. The lowest BCUT2D eigenvalue weighted by atomic mass is 9.78. The van der Waals surface area contributed by atoms with Crippen LogP contribution in [0.1, 0.15) is 71.8 Å². The van der Waals surface area contributed by atoms with Crippen molar-refractivity contribution in [2.75, 3.05) is 11.9 Å². The highest BCUT2D eigenvalue weighted by molar-refractivity contribution is 5.91. The molecule has 0 saturated heterocycles. The zero-order valence-corrected chi connectivity index (χ0v) is 20.4. The summed E-state index contributed by atoms with van der Waals surface area (Å²) in [6.45, 7) is 8.61. The number of benzene rings is 1. The van der Waals surface area contributed by atoms with E-state index in [4.69, 9.17) is 0 Å². The SMILES string of the molecule is CCCC[C@H]1C[C@H](NC(C)(C)C)CC[C@@H]1NC(=O)CNc1ncnc2ccc(C(F)(F)F)cc12. The molecule has 1 aromatic heterocycles. The Bertz CT molecular complexity index is 973. The minimum atomic E-state index is -4.47. The first-order valence-electron chi connectivity index (χ1n) is 12.1. The van der Waals surface area contributed by atoms with Crippen LogP contribution in [-0.2, 0) is 11.0 Å². The van der Waals surface area contributed by atoms with E-state index in [1.165, 1.54) is 12.4 Å². The van der Waals surface area contributed by atoms with Crippen LogP contribution >= 0.6 is 0 Å². The van der Waals surface area contributed by atoms with Crippen LogP contribution in [0.5, 0.6) is 0 Å². The Balaban J connectivity index is 1.64. The molecule has 2 aromatic rings. The third-order valence-electron chi connectivity index (χ3n) is 6.27. The first-order chi connectivity index (χ1) is 16.0. The minimum absolute atomic E-state index is 0.0479. The number of alkyl halides is 3. The first-order valence-corrected chi connectivity index (χ1v) is 12.1. The normalized spacial score (nSPS) is 21.4. The van der Waals surface area contributed by atoms with E-state index in [0.29, 0.717) is 17.5 Å². The lowest BCUT2D eigenvalue weighted by Crippen LogP contribution is -2.52. The van der Waals surface area contributed by atoms with E-state index in [1.807, 2.05) is 0 Å². The van der Waals surface area contributed by atoms with E-state index >= 15 is 0 Å². The molecule has 1 aliphatic carbocycles. The second-order valence-electron chi connectivity index (χ2n) is 10.3. The molecule has 1 amide bonds. The van der Waals surface area contributed by atoms with Crippen LogP contribution in [0.2, 0.25) is 0 Å². The smallest absolute Gasteiger partial charge is 0.360 e. The van der Waals surface area contributed by atoms with Crippen molar-refractivity contribution in [1.29, 1.82) is 0 Å². The van der Waals surface area contributed by atoms with Crippen LogP contribution in [0.15, 0.2) is 24.5 Å². The Morgan fingerprint density at radius 2 is 1.91 bits per heavy atom. The number of unbranched alkanes of at least 4 members (excludes halogenated alkanes) is 1. The Morgan fingerprint density at radius 1 is 1.15 bits per heavy atom. The van der Waals surface area contributed by atoms with Crippen molar-refractivity contribution >= 4 is 22.6 Å². The Kier molecular flexibility index (Phi) is 8.38. The molecule has 6 nitrogen and oxygen atoms in total. The monoisotopic (exact) mass is 479 g/mol. The van der Waals surface area contributed by atoms with E-state index in [1.54, 1.807) is 0 Å². The molecule has 3 atom stereocenters. The molecule has 3 N–H and O–H groups in total. The van der Waals surface area contributed by atoms with Gasteiger partial charge in [0.2, 0.25) is 5.91 Å². The molecular formula is C25H36F3N5O. The fourth-order valence-corrected chi connectivity index (χ4v) is 4.78. The van der Waals surface area contributed by atoms with Gasteiger partial charge in [-0.25, -0.2) is 9.97 Å². The van der Waals surface area contributed by atoms with Crippen LogP contribution in [-0.4, -0.2) is 40.0 Å². The Labute approximate surface area is 199 Å². The van der Waals surface area contributed by atoms with E-state index < -0.39 is 11.7 Å². The highest BCUT2D eigenvalue weighted by Gasteiger charge is 2.33. The summed E-state index contributed by atoms with van der Waals surface area (Å²) in [7, 11) is 0. The predicted molar refractivity (Wildman–Crippen MR) is 129 cm³/mol. The zero-order valence-electron chi connectivity index (χ0n) is 20.4. The van der Waals surface area contributed by atoms with Gasteiger partial charge in [0.25, 0.3) is 0 Å². The summed E-state index contributed by atoms with van der Waals surface area (Å²) in [5.41, 5.74) is -0.344. The molecule has 0 bridgehead atoms. The molecule has 1 fully saturated rings. The second-order valence-corrected chi connectivity index (χ2v) is 10.3. The summed E-state index contributed by atoms with van der Waals surface area (Å²) in [6, 6.07) is 3.85. The average Bonchev–Trinajstić information content (AvgIpc) is 2.75. The number of hydrogen-bond acceptors (Lipinski definition) is 5. The van der Waals surface area contributed by atoms with Crippen molar-refractivity contribution in [3.05, 3.63) is 30.1 Å². The molecule has 188 valence electrons. The van der Waals surface area contributed by atoms with Crippen molar-refractivity contribution < 1.29 is 18.0 Å². The summed E-state index contributed by atoms with van der Waals surface area (Å²) < 4.78 is 39.4. The molecule has 0 aliphatic heterocycles. The number of rotatable bonds is 8. The molecule has 0 radical (unpaired) electrons. The van der Waals surface area contributed by atoms with Crippen molar-refractivity contribution in [3.8, 4) is 0 Å². The standard InChI is InChI=1S/C25H36F3N5O/c1-5-6-7-16-12-18(33-24(2,3)4)9-11-20(16)32-22(34)14-29-23-19-13-17(25(26,27)28)8-10-21(19)30-15-31-23/h8,10,13,15-16,18,20,33H,5-7,9,11-12,14H2,1-4H3,(H,32,34)(H,29,30,31)/t16-,18+,20-/m0/s1. The number of halogens is 3. The molecule has 1 aliphatic rings. The number of aromatic nitrogens is 2. The summed E-state index contributed by atoms with van der Waals surface area (Å²) in [4.78, 5) is 20.9. The van der Waals surface area contributed by atoms with Crippen LogP contribution in [0.4, 0.5) is 19.0 Å². The Morgan fingerprint density at radius 3 is 2.59 bits per heavy atom.